The van der Waals surface area contributed by atoms with Crippen molar-refractivity contribution in [1.82, 2.24) is 15.1 Å². The lowest BCUT2D eigenvalue weighted by Crippen LogP contribution is -2.54. The minimum atomic E-state index is -0.0930. The van der Waals surface area contributed by atoms with Gasteiger partial charge in [-0.1, -0.05) is 6.07 Å². The van der Waals surface area contributed by atoms with E-state index in [-0.39, 0.29) is 5.91 Å². The highest BCUT2D eigenvalue weighted by Crippen LogP contribution is 2.16. The maximum atomic E-state index is 12.3. The molecule has 1 aromatic carbocycles. The molecule has 1 saturated heterocycles. The number of nitrogens with zero attached hydrogens (tertiary/aromatic N) is 2. The number of nitrogen functional groups attached to an aromatic ring is 1. The van der Waals surface area contributed by atoms with Gasteiger partial charge in [0.2, 0.25) is 0 Å². The van der Waals surface area contributed by atoms with Crippen LogP contribution in [0.2, 0.25) is 0 Å². The van der Waals surface area contributed by atoms with Crippen LogP contribution in [0.15, 0.2) is 18.2 Å². The predicted molar refractivity (Wildman–Crippen MR) is 85.2 cm³/mol. The standard InChI is InChI=1S/C15H25N5O/c1-11-4-5-13(14(8-11)18-16)15(21)17-9-12-10-19(2)6-7-20(12)3/h4-5,8,12,18H,6-7,9-10,16H2,1-3H3,(H,17,21). The van der Waals surface area contributed by atoms with Crippen LogP contribution in [0.25, 0.3) is 0 Å². The van der Waals surface area contributed by atoms with Crippen LogP contribution in [0.3, 0.4) is 0 Å². The van der Waals surface area contributed by atoms with E-state index in [1.165, 1.54) is 0 Å². The van der Waals surface area contributed by atoms with Gasteiger partial charge >= 0.3 is 0 Å². The maximum absolute atomic E-state index is 12.3. The molecule has 4 N–H and O–H groups in total. The number of rotatable bonds is 4. The fourth-order valence-corrected chi connectivity index (χ4v) is 2.60. The van der Waals surface area contributed by atoms with E-state index in [1.54, 1.807) is 6.07 Å². The first-order chi connectivity index (χ1) is 10.0. The predicted octanol–water partition coefficient (Wildman–Crippen LogP) is 0.256. The second kappa shape index (κ2) is 6.89. The Labute approximate surface area is 126 Å². The van der Waals surface area contributed by atoms with Gasteiger partial charge in [0.15, 0.2) is 0 Å². The molecule has 6 nitrogen and oxygen atoms in total. The smallest absolute Gasteiger partial charge is 0.253 e. The Morgan fingerprint density at radius 1 is 1.38 bits per heavy atom. The third-order valence-corrected chi connectivity index (χ3v) is 4.05. The molecule has 2 rings (SSSR count). The number of carbonyl (C=O) groups is 1. The Balaban J connectivity index is 1.98. The van der Waals surface area contributed by atoms with Crippen molar-refractivity contribution in [2.24, 2.45) is 5.84 Å². The molecule has 21 heavy (non-hydrogen) atoms. The highest BCUT2D eigenvalue weighted by atomic mass is 16.1. The van der Waals surface area contributed by atoms with Crippen LogP contribution in [0, 0.1) is 6.92 Å². The Morgan fingerprint density at radius 2 is 2.14 bits per heavy atom. The molecule has 0 aromatic heterocycles. The highest BCUT2D eigenvalue weighted by Gasteiger charge is 2.23. The number of nitrogens with one attached hydrogen (secondary N) is 2. The summed E-state index contributed by atoms with van der Waals surface area (Å²) in [4.78, 5) is 16.9. The molecular weight excluding hydrogens is 266 g/mol. The van der Waals surface area contributed by atoms with Gasteiger partial charge in [0.25, 0.3) is 5.91 Å². The van der Waals surface area contributed by atoms with Gasteiger partial charge in [-0.2, -0.15) is 0 Å². The third kappa shape index (κ3) is 3.93. The normalized spacial score (nSPS) is 20.3. The second-order valence-electron chi connectivity index (χ2n) is 5.80. The van der Waals surface area contributed by atoms with Gasteiger partial charge in [0, 0.05) is 32.2 Å². The molecule has 1 aromatic rings. The second-order valence-corrected chi connectivity index (χ2v) is 5.80. The molecule has 0 saturated carbocycles. The van der Waals surface area contributed by atoms with Crippen LogP contribution in [0.1, 0.15) is 15.9 Å². The van der Waals surface area contributed by atoms with E-state index in [9.17, 15) is 4.79 Å². The van der Waals surface area contributed by atoms with Crippen LogP contribution >= 0.6 is 0 Å². The lowest BCUT2D eigenvalue weighted by molar-refractivity contribution is 0.0882. The lowest BCUT2D eigenvalue weighted by atomic mass is 10.1. The monoisotopic (exact) mass is 291 g/mol. The summed E-state index contributed by atoms with van der Waals surface area (Å²) < 4.78 is 0. The van der Waals surface area contributed by atoms with Gasteiger partial charge in [-0.3, -0.25) is 15.5 Å². The van der Waals surface area contributed by atoms with E-state index in [0.717, 1.165) is 25.2 Å². The number of nitrogens with two attached hydrogens (primary N) is 1. The van der Waals surface area contributed by atoms with Gasteiger partial charge in [0.1, 0.15) is 0 Å². The van der Waals surface area contributed by atoms with Crippen molar-refractivity contribution in [1.29, 1.82) is 0 Å². The molecule has 0 bridgehead atoms. The zero-order valence-corrected chi connectivity index (χ0v) is 13.0. The van der Waals surface area contributed by atoms with Crippen LogP contribution in [0.5, 0.6) is 0 Å². The van der Waals surface area contributed by atoms with Crippen molar-refractivity contribution in [3.05, 3.63) is 29.3 Å². The topological polar surface area (TPSA) is 73.6 Å². The molecule has 116 valence electrons. The molecule has 1 fully saturated rings. The summed E-state index contributed by atoms with van der Waals surface area (Å²) in [5, 5.41) is 3.01. The first kappa shape index (κ1) is 15.8. The zero-order chi connectivity index (χ0) is 15.4. The molecule has 1 unspecified atom stereocenters. The van der Waals surface area contributed by atoms with Crippen molar-refractivity contribution in [3.63, 3.8) is 0 Å². The minimum Gasteiger partial charge on any atom is -0.350 e. The van der Waals surface area contributed by atoms with E-state index in [1.807, 2.05) is 19.1 Å². The molecular formula is C15H25N5O. The molecule has 1 heterocycles. The molecule has 1 atom stereocenters. The summed E-state index contributed by atoms with van der Waals surface area (Å²) in [6.07, 6.45) is 0. The van der Waals surface area contributed by atoms with Gasteiger partial charge in [-0.05, 0) is 38.7 Å². The van der Waals surface area contributed by atoms with Crippen molar-refractivity contribution >= 4 is 11.6 Å². The van der Waals surface area contributed by atoms with E-state index in [0.29, 0.717) is 23.8 Å². The van der Waals surface area contributed by atoms with Crippen LogP contribution in [0.4, 0.5) is 5.69 Å². The number of hydrazine groups is 1. The summed E-state index contributed by atoms with van der Waals surface area (Å²) in [5.74, 6) is 5.40. The van der Waals surface area contributed by atoms with E-state index in [4.69, 9.17) is 5.84 Å². The number of likely N-dealkylation sites (N-methyl/N-ethyl adjacent to an activating group) is 2. The minimum absolute atomic E-state index is 0.0930. The van der Waals surface area contributed by atoms with E-state index >= 15 is 0 Å². The highest BCUT2D eigenvalue weighted by molar-refractivity contribution is 5.99. The molecule has 6 heteroatoms. The SMILES string of the molecule is Cc1ccc(C(=O)NCC2CN(C)CCN2C)c(NN)c1. The number of benzene rings is 1. The first-order valence-electron chi connectivity index (χ1n) is 7.25. The van der Waals surface area contributed by atoms with Gasteiger partial charge in [-0.25, -0.2) is 0 Å². The Bertz CT molecular complexity index is 505. The van der Waals surface area contributed by atoms with Crippen molar-refractivity contribution in [3.8, 4) is 0 Å². The maximum Gasteiger partial charge on any atom is 0.253 e. The Morgan fingerprint density at radius 3 is 2.86 bits per heavy atom. The third-order valence-electron chi connectivity index (χ3n) is 4.05. The zero-order valence-electron chi connectivity index (χ0n) is 13.0. The number of amides is 1. The summed E-state index contributed by atoms with van der Waals surface area (Å²) in [5.41, 5.74) is 4.89. The fourth-order valence-electron chi connectivity index (χ4n) is 2.60. The number of carbonyl (C=O) groups excluding carboxylic acids is 1. The van der Waals surface area contributed by atoms with Crippen molar-refractivity contribution in [2.75, 3.05) is 45.7 Å². The van der Waals surface area contributed by atoms with Gasteiger partial charge < -0.3 is 15.6 Å². The number of piperazine rings is 1. The molecule has 1 amide bonds. The number of aryl methyl sites for hydroxylation is 1. The molecule has 1 aliphatic rings. The average molecular weight is 291 g/mol. The average Bonchev–Trinajstić information content (AvgIpc) is 2.47. The lowest BCUT2D eigenvalue weighted by Gasteiger charge is -2.37. The molecule has 0 aliphatic carbocycles. The quantitative estimate of drug-likeness (QED) is 0.548. The largest absolute Gasteiger partial charge is 0.350 e. The molecule has 1 aliphatic heterocycles. The van der Waals surface area contributed by atoms with Gasteiger partial charge in [0.05, 0.1) is 11.3 Å². The number of hydrogen-bond donors (Lipinski definition) is 3. The van der Waals surface area contributed by atoms with Crippen molar-refractivity contribution in [2.45, 2.75) is 13.0 Å². The Kier molecular flexibility index (Phi) is 5.17. The van der Waals surface area contributed by atoms with Crippen molar-refractivity contribution < 1.29 is 4.79 Å². The summed E-state index contributed by atoms with van der Waals surface area (Å²) in [6.45, 7) is 5.66. The Hall–Kier alpha value is -1.63. The van der Waals surface area contributed by atoms with E-state index < -0.39 is 0 Å². The van der Waals surface area contributed by atoms with Crippen LogP contribution < -0.4 is 16.6 Å². The number of hydrogen-bond acceptors (Lipinski definition) is 5. The molecule has 0 spiro atoms. The van der Waals surface area contributed by atoms with Gasteiger partial charge in [-0.15, -0.1) is 0 Å². The fraction of sp³-hybridized carbons (Fsp3) is 0.533. The molecule has 0 radical (unpaired) electrons. The number of anilines is 1. The van der Waals surface area contributed by atoms with Crippen LogP contribution in [-0.4, -0.2) is 62.0 Å². The summed E-state index contributed by atoms with van der Waals surface area (Å²) in [6, 6.07) is 5.93. The summed E-state index contributed by atoms with van der Waals surface area (Å²) in [7, 11) is 4.21. The van der Waals surface area contributed by atoms with Crippen LogP contribution in [-0.2, 0) is 0 Å². The first-order valence-corrected chi connectivity index (χ1v) is 7.25. The summed E-state index contributed by atoms with van der Waals surface area (Å²) >= 11 is 0. The van der Waals surface area contributed by atoms with E-state index in [2.05, 4.69) is 34.6 Å².